The van der Waals surface area contributed by atoms with Crippen molar-refractivity contribution >= 4 is 34.1 Å². The van der Waals surface area contributed by atoms with Gasteiger partial charge in [-0.3, -0.25) is 0 Å². The molecule has 2 aliphatic rings. The molecule has 0 saturated heterocycles. The highest BCUT2D eigenvalue weighted by Gasteiger charge is 2.56. The first-order chi connectivity index (χ1) is 27.3. The Balaban J connectivity index is 1.36. The first kappa shape index (κ1) is 32.6. The van der Waals surface area contributed by atoms with Crippen molar-refractivity contribution in [2.45, 2.75) is 5.41 Å². The van der Waals surface area contributed by atoms with Gasteiger partial charge in [-0.2, -0.15) is 0 Å². The molecule has 0 saturated carbocycles. The van der Waals surface area contributed by atoms with Crippen LogP contribution in [0.2, 0.25) is 0 Å². The van der Waals surface area contributed by atoms with Crippen LogP contribution < -0.4 is 19.3 Å². The molecule has 0 radical (unpaired) electrons. The van der Waals surface area contributed by atoms with Crippen molar-refractivity contribution in [2.75, 3.05) is 24.0 Å². The van der Waals surface area contributed by atoms with E-state index in [1.54, 1.807) is 14.2 Å². The Hall–Kier alpha value is -7.04. The van der Waals surface area contributed by atoms with E-state index in [2.05, 4.69) is 204 Å². The topological polar surface area (TPSA) is 24.9 Å². The number of ether oxygens (including phenoxy) is 2. The Morgan fingerprint density at radius 3 is 0.982 bits per heavy atom. The molecule has 0 atom stereocenters. The zero-order valence-electron chi connectivity index (χ0n) is 30.7. The van der Waals surface area contributed by atoms with Gasteiger partial charge in [0.25, 0.3) is 0 Å². The summed E-state index contributed by atoms with van der Waals surface area (Å²) in [7, 11) is 3.58. The molecule has 10 rings (SSSR count). The first-order valence-corrected chi connectivity index (χ1v) is 18.7. The van der Waals surface area contributed by atoms with Crippen LogP contribution in [-0.2, 0) is 5.41 Å². The van der Waals surface area contributed by atoms with Crippen LogP contribution in [0.4, 0.5) is 34.1 Å². The lowest BCUT2D eigenvalue weighted by atomic mass is 9.69. The fraction of sp³-hybridized carbons (Fsp3) is 0.0588. The maximum atomic E-state index is 6.47. The SMILES string of the molecule is COc1ccc(N(c2ccccc2)c2ccccc2)c2c1C1(c3ccccc3-2)c2ccccc2-c2c(N(c3ccccc3)c3ccccc3)ccc(OC)c21. The standard InChI is InChI=1S/C51H38N2O2/c1-54-45-33-31-43(52(35-19-7-3-8-20-35)36-21-9-4-10-22-36)47-39-27-15-17-29-41(39)51(49(45)47)42-30-18-16-28-40(42)48-44(32-34-46(55-2)50(48)51)53(37-23-11-5-12-24-37)38-25-13-6-14-26-38/h3-34H,1-2H3. The van der Waals surface area contributed by atoms with Crippen LogP contribution in [0.15, 0.2) is 194 Å². The van der Waals surface area contributed by atoms with Crippen LogP contribution in [0.1, 0.15) is 22.3 Å². The maximum absolute atomic E-state index is 6.47. The number of benzene rings is 8. The van der Waals surface area contributed by atoms with Gasteiger partial charge in [-0.1, -0.05) is 121 Å². The maximum Gasteiger partial charge on any atom is 0.124 e. The number of para-hydroxylation sites is 4. The van der Waals surface area contributed by atoms with Gasteiger partial charge in [0.05, 0.1) is 31.0 Å². The molecule has 0 amide bonds. The van der Waals surface area contributed by atoms with Crippen LogP contribution in [0.5, 0.6) is 11.5 Å². The van der Waals surface area contributed by atoms with Gasteiger partial charge in [-0.05, 0) is 95.1 Å². The molecule has 0 fully saturated rings. The number of nitrogens with zero attached hydrogens (tertiary/aromatic N) is 2. The molecule has 8 aromatic rings. The Bertz CT molecular complexity index is 2410. The number of rotatable bonds is 8. The monoisotopic (exact) mass is 710 g/mol. The second-order valence-corrected chi connectivity index (χ2v) is 13.9. The van der Waals surface area contributed by atoms with E-state index in [4.69, 9.17) is 9.47 Å². The summed E-state index contributed by atoms with van der Waals surface area (Å²) in [6.07, 6.45) is 0. The third kappa shape index (κ3) is 4.78. The molecule has 4 nitrogen and oxygen atoms in total. The zero-order valence-corrected chi connectivity index (χ0v) is 30.7. The highest BCUT2D eigenvalue weighted by molar-refractivity contribution is 6.06. The number of methoxy groups -OCH3 is 2. The lowest BCUT2D eigenvalue weighted by Gasteiger charge is -2.34. The first-order valence-electron chi connectivity index (χ1n) is 18.7. The van der Waals surface area contributed by atoms with Crippen molar-refractivity contribution in [3.8, 4) is 33.8 Å². The molecule has 0 unspecified atom stereocenters. The summed E-state index contributed by atoms with van der Waals surface area (Å²) in [6.45, 7) is 0. The van der Waals surface area contributed by atoms with Crippen molar-refractivity contribution in [1.82, 2.24) is 0 Å². The fourth-order valence-electron chi connectivity index (χ4n) is 9.18. The van der Waals surface area contributed by atoms with Crippen LogP contribution in [0.3, 0.4) is 0 Å². The molecule has 1 spiro atoms. The Morgan fingerprint density at radius 2 is 0.655 bits per heavy atom. The predicted molar refractivity (Wildman–Crippen MR) is 225 cm³/mol. The Labute approximate surface area is 322 Å². The fourth-order valence-corrected chi connectivity index (χ4v) is 9.18. The van der Waals surface area contributed by atoms with E-state index in [1.165, 1.54) is 22.3 Å². The van der Waals surface area contributed by atoms with Gasteiger partial charge < -0.3 is 19.3 Å². The van der Waals surface area contributed by atoms with E-state index in [9.17, 15) is 0 Å². The molecule has 0 heterocycles. The second kappa shape index (κ2) is 13.1. The molecule has 4 heteroatoms. The van der Waals surface area contributed by atoms with Gasteiger partial charge in [-0.15, -0.1) is 0 Å². The van der Waals surface area contributed by atoms with Crippen LogP contribution in [0, 0.1) is 0 Å². The van der Waals surface area contributed by atoms with E-state index in [-0.39, 0.29) is 0 Å². The highest BCUT2D eigenvalue weighted by Crippen LogP contribution is 2.69. The van der Waals surface area contributed by atoms with Gasteiger partial charge in [0.15, 0.2) is 0 Å². The van der Waals surface area contributed by atoms with Gasteiger partial charge in [0.1, 0.15) is 11.5 Å². The highest BCUT2D eigenvalue weighted by atomic mass is 16.5. The van der Waals surface area contributed by atoms with Crippen LogP contribution >= 0.6 is 0 Å². The van der Waals surface area contributed by atoms with Crippen molar-refractivity contribution in [2.24, 2.45) is 0 Å². The molecule has 8 aromatic carbocycles. The summed E-state index contributed by atoms with van der Waals surface area (Å²) in [5.74, 6) is 1.66. The number of fused-ring (bicyclic) bond motifs is 10. The van der Waals surface area contributed by atoms with E-state index in [0.717, 1.165) is 67.9 Å². The minimum absolute atomic E-state index is 0.765. The smallest absolute Gasteiger partial charge is 0.124 e. The molecule has 0 bridgehead atoms. The van der Waals surface area contributed by atoms with Crippen molar-refractivity contribution in [3.05, 3.63) is 216 Å². The molecule has 0 aliphatic heterocycles. The number of anilines is 6. The summed E-state index contributed by atoms with van der Waals surface area (Å²) < 4.78 is 12.9. The van der Waals surface area contributed by atoms with Crippen molar-refractivity contribution < 1.29 is 9.47 Å². The molecule has 264 valence electrons. The number of hydrogen-bond donors (Lipinski definition) is 0. The quantitative estimate of drug-likeness (QED) is 0.157. The Morgan fingerprint density at radius 1 is 0.345 bits per heavy atom. The van der Waals surface area contributed by atoms with Gasteiger partial charge in [0, 0.05) is 45.0 Å². The van der Waals surface area contributed by atoms with E-state index < -0.39 is 5.41 Å². The molecule has 55 heavy (non-hydrogen) atoms. The second-order valence-electron chi connectivity index (χ2n) is 13.9. The average molecular weight is 711 g/mol. The summed E-state index contributed by atoms with van der Waals surface area (Å²) in [4.78, 5) is 4.74. The van der Waals surface area contributed by atoms with Gasteiger partial charge in [-0.25, -0.2) is 0 Å². The third-order valence-corrected chi connectivity index (χ3v) is 11.2. The molecule has 2 aliphatic carbocycles. The lowest BCUT2D eigenvalue weighted by molar-refractivity contribution is 0.398. The van der Waals surface area contributed by atoms with Crippen molar-refractivity contribution in [3.63, 3.8) is 0 Å². The largest absolute Gasteiger partial charge is 0.496 e. The summed E-state index contributed by atoms with van der Waals surface area (Å²) in [5, 5.41) is 0. The average Bonchev–Trinajstić information content (AvgIpc) is 3.74. The van der Waals surface area contributed by atoms with Crippen LogP contribution in [0.25, 0.3) is 22.3 Å². The zero-order chi connectivity index (χ0) is 36.9. The molecular formula is C51H38N2O2. The predicted octanol–water partition coefficient (Wildman–Crippen LogP) is 13.0. The molecular weight excluding hydrogens is 673 g/mol. The Kier molecular flexibility index (Phi) is 7.77. The van der Waals surface area contributed by atoms with E-state index in [1.807, 2.05) is 0 Å². The normalized spacial score (nSPS) is 12.7. The molecule has 0 N–H and O–H groups in total. The minimum Gasteiger partial charge on any atom is -0.496 e. The third-order valence-electron chi connectivity index (χ3n) is 11.2. The summed E-state index contributed by atoms with van der Waals surface area (Å²) in [6, 6.07) is 69.1. The summed E-state index contributed by atoms with van der Waals surface area (Å²) >= 11 is 0. The van der Waals surface area contributed by atoms with Gasteiger partial charge >= 0.3 is 0 Å². The van der Waals surface area contributed by atoms with E-state index >= 15 is 0 Å². The summed E-state index contributed by atoms with van der Waals surface area (Å²) in [5.41, 5.74) is 14.9. The van der Waals surface area contributed by atoms with E-state index in [0.29, 0.717) is 0 Å². The van der Waals surface area contributed by atoms with Crippen molar-refractivity contribution in [1.29, 1.82) is 0 Å². The van der Waals surface area contributed by atoms with Crippen LogP contribution in [-0.4, -0.2) is 14.2 Å². The number of hydrogen-bond acceptors (Lipinski definition) is 4. The minimum atomic E-state index is -0.765. The lowest BCUT2D eigenvalue weighted by Crippen LogP contribution is -2.27. The van der Waals surface area contributed by atoms with Gasteiger partial charge in [0.2, 0.25) is 0 Å². The molecule has 0 aromatic heterocycles.